The minimum Gasteiger partial charge on any atom is -0.379 e. The zero-order valence-electron chi connectivity index (χ0n) is 14.4. The van der Waals surface area contributed by atoms with Crippen LogP contribution in [-0.2, 0) is 4.74 Å². The summed E-state index contributed by atoms with van der Waals surface area (Å²) >= 11 is 0. The Bertz CT molecular complexity index is 530. The maximum absolute atomic E-state index is 12.2. The van der Waals surface area contributed by atoms with E-state index in [9.17, 15) is 4.79 Å². The molecular weight excluding hydrogens is 306 g/mol. The van der Waals surface area contributed by atoms with Crippen LogP contribution in [0.1, 0.15) is 30.1 Å². The fourth-order valence-electron chi connectivity index (χ4n) is 3.23. The first-order valence-corrected chi connectivity index (χ1v) is 8.87. The molecule has 0 saturated carbocycles. The van der Waals surface area contributed by atoms with Gasteiger partial charge in [-0.25, -0.2) is 9.97 Å². The highest BCUT2D eigenvalue weighted by atomic mass is 16.5. The van der Waals surface area contributed by atoms with Gasteiger partial charge in [-0.2, -0.15) is 0 Å². The maximum Gasteiger partial charge on any atom is 0.254 e. The molecule has 1 aromatic heterocycles. The topological polar surface area (TPSA) is 70.6 Å². The van der Waals surface area contributed by atoms with Gasteiger partial charge in [0.05, 0.1) is 18.8 Å². The Balaban J connectivity index is 1.46. The summed E-state index contributed by atoms with van der Waals surface area (Å²) in [6, 6.07) is 0. The molecule has 0 aliphatic carbocycles. The standard InChI is InChI=1S/C17H27N5O2/c1-14-3-2-5-22(13-14)17-19-11-15(12-20-17)16(23)18-4-6-21-7-9-24-10-8-21/h11-12,14H,2-10,13H2,1H3,(H,18,23). The zero-order chi connectivity index (χ0) is 16.8. The molecule has 24 heavy (non-hydrogen) atoms. The van der Waals surface area contributed by atoms with Gasteiger partial charge in [-0.3, -0.25) is 9.69 Å². The number of nitrogens with zero attached hydrogens (tertiary/aromatic N) is 4. The third-order valence-electron chi connectivity index (χ3n) is 4.66. The highest BCUT2D eigenvalue weighted by Gasteiger charge is 2.19. The van der Waals surface area contributed by atoms with E-state index in [-0.39, 0.29) is 5.91 Å². The average molecular weight is 333 g/mol. The summed E-state index contributed by atoms with van der Waals surface area (Å²) in [4.78, 5) is 25.4. The summed E-state index contributed by atoms with van der Waals surface area (Å²) in [5.41, 5.74) is 0.519. The lowest BCUT2D eigenvalue weighted by atomic mass is 10.0. The first-order valence-electron chi connectivity index (χ1n) is 8.87. The van der Waals surface area contributed by atoms with Gasteiger partial charge in [0.15, 0.2) is 0 Å². The lowest BCUT2D eigenvalue weighted by molar-refractivity contribution is 0.0383. The van der Waals surface area contributed by atoms with E-state index in [4.69, 9.17) is 4.74 Å². The monoisotopic (exact) mass is 333 g/mol. The largest absolute Gasteiger partial charge is 0.379 e. The Kier molecular flexibility index (Phi) is 5.98. The van der Waals surface area contributed by atoms with Crippen molar-refractivity contribution >= 4 is 11.9 Å². The second-order valence-electron chi connectivity index (χ2n) is 6.68. The Morgan fingerprint density at radius 2 is 2.04 bits per heavy atom. The summed E-state index contributed by atoms with van der Waals surface area (Å²) < 4.78 is 5.31. The fraction of sp³-hybridized carbons (Fsp3) is 0.706. The van der Waals surface area contributed by atoms with Gasteiger partial charge in [-0.1, -0.05) is 6.92 Å². The number of carbonyl (C=O) groups excluding carboxylic acids is 1. The van der Waals surface area contributed by atoms with Crippen LogP contribution in [0.5, 0.6) is 0 Å². The van der Waals surface area contributed by atoms with Crippen molar-refractivity contribution < 1.29 is 9.53 Å². The predicted molar refractivity (Wildman–Crippen MR) is 92.2 cm³/mol. The first kappa shape index (κ1) is 17.1. The summed E-state index contributed by atoms with van der Waals surface area (Å²) in [7, 11) is 0. The van der Waals surface area contributed by atoms with Crippen molar-refractivity contribution in [3.05, 3.63) is 18.0 Å². The van der Waals surface area contributed by atoms with E-state index in [2.05, 4.69) is 32.0 Å². The van der Waals surface area contributed by atoms with Crippen molar-refractivity contribution in [3.63, 3.8) is 0 Å². The molecule has 0 spiro atoms. The van der Waals surface area contributed by atoms with Crippen molar-refractivity contribution in [2.24, 2.45) is 5.92 Å². The van der Waals surface area contributed by atoms with Crippen LogP contribution in [0.15, 0.2) is 12.4 Å². The molecule has 0 radical (unpaired) electrons. The van der Waals surface area contributed by atoms with Crippen molar-refractivity contribution in [3.8, 4) is 0 Å². The Labute approximate surface area is 143 Å². The summed E-state index contributed by atoms with van der Waals surface area (Å²) in [6.45, 7) is 9.13. The second-order valence-corrected chi connectivity index (χ2v) is 6.68. The molecule has 1 N–H and O–H groups in total. The highest BCUT2D eigenvalue weighted by molar-refractivity contribution is 5.93. The molecule has 1 amide bonds. The number of carbonyl (C=O) groups is 1. The van der Waals surface area contributed by atoms with Crippen LogP contribution < -0.4 is 10.2 Å². The number of hydrogen-bond donors (Lipinski definition) is 1. The van der Waals surface area contributed by atoms with Gasteiger partial charge >= 0.3 is 0 Å². The number of rotatable bonds is 5. The number of piperidine rings is 1. The average Bonchev–Trinajstić information content (AvgIpc) is 2.63. The second kappa shape index (κ2) is 8.39. The molecule has 3 rings (SSSR count). The molecule has 7 nitrogen and oxygen atoms in total. The van der Waals surface area contributed by atoms with Gasteiger partial charge in [0.25, 0.3) is 5.91 Å². The SMILES string of the molecule is CC1CCCN(c2ncc(C(=O)NCCN3CCOCC3)cn2)C1. The molecule has 2 fully saturated rings. The third kappa shape index (κ3) is 4.64. The van der Waals surface area contributed by atoms with Crippen LogP contribution >= 0.6 is 0 Å². The summed E-state index contributed by atoms with van der Waals surface area (Å²) in [6.07, 6.45) is 5.70. The summed E-state index contributed by atoms with van der Waals surface area (Å²) in [5.74, 6) is 1.29. The molecule has 2 saturated heterocycles. The van der Waals surface area contributed by atoms with E-state index in [1.807, 2.05) is 0 Å². The quantitative estimate of drug-likeness (QED) is 0.858. The molecule has 3 heterocycles. The van der Waals surface area contributed by atoms with E-state index in [0.29, 0.717) is 18.0 Å². The van der Waals surface area contributed by atoms with Crippen LogP contribution in [-0.4, -0.2) is 73.3 Å². The molecule has 1 unspecified atom stereocenters. The fourth-order valence-corrected chi connectivity index (χ4v) is 3.23. The number of amides is 1. The first-order chi connectivity index (χ1) is 11.7. The predicted octanol–water partition coefficient (Wildman–Crippen LogP) is 0.775. The number of morpholine rings is 1. The molecular formula is C17H27N5O2. The van der Waals surface area contributed by atoms with E-state index >= 15 is 0 Å². The van der Waals surface area contributed by atoms with E-state index in [1.54, 1.807) is 12.4 Å². The minimum absolute atomic E-state index is 0.109. The van der Waals surface area contributed by atoms with Crippen LogP contribution in [0.25, 0.3) is 0 Å². The third-order valence-corrected chi connectivity index (χ3v) is 4.66. The number of anilines is 1. The normalized spacial score (nSPS) is 22.4. The number of ether oxygens (including phenoxy) is 1. The van der Waals surface area contributed by atoms with Gasteiger partial charge in [-0.15, -0.1) is 0 Å². The van der Waals surface area contributed by atoms with E-state index in [1.165, 1.54) is 12.8 Å². The highest BCUT2D eigenvalue weighted by Crippen LogP contribution is 2.19. The van der Waals surface area contributed by atoms with Gasteiger partial charge < -0.3 is 15.0 Å². The van der Waals surface area contributed by atoms with Crippen molar-refractivity contribution in [1.29, 1.82) is 0 Å². The van der Waals surface area contributed by atoms with Gasteiger partial charge in [-0.05, 0) is 18.8 Å². The van der Waals surface area contributed by atoms with Crippen LogP contribution in [0.3, 0.4) is 0 Å². The number of nitrogens with one attached hydrogen (secondary N) is 1. The van der Waals surface area contributed by atoms with Crippen molar-refractivity contribution in [2.45, 2.75) is 19.8 Å². The van der Waals surface area contributed by atoms with Gasteiger partial charge in [0.1, 0.15) is 0 Å². The molecule has 1 atom stereocenters. The van der Waals surface area contributed by atoms with Gasteiger partial charge in [0.2, 0.25) is 5.95 Å². The molecule has 2 aliphatic heterocycles. The van der Waals surface area contributed by atoms with E-state index in [0.717, 1.165) is 51.9 Å². The van der Waals surface area contributed by atoms with Crippen molar-refractivity contribution in [1.82, 2.24) is 20.2 Å². The smallest absolute Gasteiger partial charge is 0.254 e. The Morgan fingerprint density at radius 3 is 2.75 bits per heavy atom. The minimum atomic E-state index is -0.109. The number of aromatic nitrogens is 2. The zero-order valence-corrected chi connectivity index (χ0v) is 14.4. The molecule has 7 heteroatoms. The lowest BCUT2D eigenvalue weighted by Gasteiger charge is -2.30. The molecule has 0 aromatic carbocycles. The van der Waals surface area contributed by atoms with Crippen LogP contribution in [0.4, 0.5) is 5.95 Å². The Hall–Kier alpha value is -1.73. The van der Waals surface area contributed by atoms with E-state index < -0.39 is 0 Å². The summed E-state index contributed by atoms with van der Waals surface area (Å²) in [5, 5.41) is 2.94. The van der Waals surface area contributed by atoms with Crippen LogP contribution in [0.2, 0.25) is 0 Å². The number of hydrogen-bond acceptors (Lipinski definition) is 6. The van der Waals surface area contributed by atoms with Gasteiger partial charge in [0, 0.05) is 51.7 Å². The molecule has 0 bridgehead atoms. The molecule has 1 aromatic rings. The Morgan fingerprint density at radius 1 is 1.29 bits per heavy atom. The van der Waals surface area contributed by atoms with Crippen molar-refractivity contribution in [2.75, 3.05) is 57.4 Å². The van der Waals surface area contributed by atoms with Crippen LogP contribution in [0, 0.1) is 5.92 Å². The maximum atomic E-state index is 12.2. The lowest BCUT2D eigenvalue weighted by Crippen LogP contribution is -2.41. The molecule has 2 aliphatic rings. The molecule has 132 valence electrons.